The maximum Gasteiger partial charge on any atom is 0.294 e. The second-order valence-electron chi connectivity index (χ2n) is 4.57. The molecule has 0 unspecified atom stereocenters. The molecular formula is C12H18N4O3. The third-order valence-electron chi connectivity index (χ3n) is 3.29. The largest absolute Gasteiger partial charge is 0.398 e. The van der Waals surface area contributed by atoms with Crippen LogP contribution in [-0.4, -0.2) is 42.7 Å². The monoisotopic (exact) mass is 266 g/mol. The van der Waals surface area contributed by atoms with Gasteiger partial charge in [0.25, 0.3) is 5.69 Å². The molecule has 1 heterocycles. The first-order valence-electron chi connectivity index (χ1n) is 6.20. The maximum atomic E-state index is 10.7. The smallest absolute Gasteiger partial charge is 0.294 e. The van der Waals surface area contributed by atoms with E-state index in [9.17, 15) is 10.1 Å². The third-order valence-corrected chi connectivity index (χ3v) is 3.29. The van der Waals surface area contributed by atoms with Crippen LogP contribution in [0.3, 0.4) is 0 Å². The molecule has 7 heteroatoms. The van der Waals surface area contributed by atoms with E-state index in [-0.39, 0.29) is 11.4 Å². The molecule has 0 spiro atoms. The Morgan fingerprint density at radius 3 is 2.58 bits per heavy atom. The Labute approximate surface area is 111 Å². The Balaban J connectivity index is 2.04. The van der Waals surface area contributed by atoms with E-state index < -0.39 is 4.92 Å². The zero-order valence-corrected chi connectivity index (χ0v) is 10.7. The molecule has 1 aliphatic rings. The molecule has 0 aliphatic carbocycles. The number of nitrogens with zero attached hydrogens (tertiary/aromatic N) is 2. The van der Waals surface area contributed by atoms with Crippen molar-refractivity contribution in [1.29, 1.82) is 0 Å². The summed E-state index contributed by atoms with van der Waals surface area (Å²) in [6.07, 6.45) is 0.730. The maximum absolute atomic E-state index is 10.7. The molecule has 1 aromatic carbocycles. The number of nitrogen functional groups attached to an aromatic ring is 2. The molecule has 19 heavy (non-hydrogen) atoms. The number of benzene rings is 1. The van der Waals surface area contributed by atoms with E-state index in [1.165, 1.54) is 6.07 Å². The molecule has 1 fully saturated rings. The molecule has 4 N–H and O–H groups in total. The highest BCUT2D eigenvalue weighted by molar-refractivity contribution is 5.67. The minimum Gasteiger partial charge on any atom is -0.398 e. The van der Waals surface area contributed by atoms with E-state index in [0.29, 0.717) is 5.69 Å². The van der Waals surface area contributed by atoms with E-state index >= 15 is 0 Å². The molecule has 0 amide bonds. The van der Waals surface area contributed by atoms with Gasteiger partial charge in [0, 0.05) is 31.4 Å². The lowest BCUT2D eigenvalue weighted by Crippen LogP contribution is -2.37. The Kier molecular flexibility index (Phi) is 4.18. The lowest BCUT2D eigenvalue weighted by molar-refractivity contribution is -0.383. The summed E-state index contributed by atoms with van der Waals surface area (Å²) in [5.74, 6) is 0. The van der Waals surface area contributed by atoms with Crippen molar-refractivity contribution in [2.75, 3.05) is 44.3 Å². The highest BCUT2D eigenvalue weighted by Crippen LogP contribution is 2.27. The number of hydrogen-bond donors (Lipinski definition) is 2. The molecule has 0 radical (unpaired) electrons. The van der Waals surface area contributed by atoms with Gasteiger partial charge >= 0.3 is 0 Å². The van der Waals surface area contributed by atoms with Gasteiger partial charge in [-0.25, -0.2) is 0 Å². The van der Waals surface area contributed by atoms with Gasteiger partial charge in [-0.2, -0.15) is 0 Å². The summed E-state index contributed by atoms with van der Waals surface area (Å²) in [5.41, 5.74) is 12.8. The van der Waals surface area contributed by atoms with Crippen LogP contribution in [0.4, 0.5) is 17.1 Å². The first-order valence-corrected chi connectivity index (χ1v) is 6.20. The number of morpholine rings is 1. The third kappa shape index (κ3) is 3.33. The summed E-state index contributed by atoms with van der Waals surface area (Å²) in [6, 6.07) is 2.94. The Morgan fingerprint density at radius 1 is 1.26 bits per heavy atom. The molecule has 7 nitrogen and oxygen atoms in total. The topological polar surface area (TPSA) is 108 Å². The molecule has 0 aromatic heterocycles. The van der Waals surface area contributed by atoms with Gasteiger partial charge in [-0.3, -0.25) is 15.0 Å². The van der Waals surface area contributed by atoms with Crippen molar-refractivity contribution in [3.63, 3.8) is 0 Å². The SMILES string of the molecule is Nc1cc([N+](=O)[O-])c(N)cc1CCN1CCOCC1. The van der Waals surface area contributed by atoms with E-state index in [4.69, 9.17) is 16.2 Å². The average Bonchev–Trinajstić information content (AvgIpc) is 2.40. The van der Waals surface area contributed by atoms with Crippen LogP contribution in [-0.2, 0) is 11.2 Å². The predicted octanol–water partition coefficient (Wildman–Crippen LogP) is 0.634. The molecule has 2 rings (SSSR count). The lowest BCUT2D eigenvalue weighted by atomic mass is 10.1. The molecule has 1 aliphatic heterocycles. The van der Waals surface area contributed by atoms with Crippen LogP contribution in [0.2, 0.25) is 0 Å². The van der Waals surface area contributed by atoms with E-state index in [1.54, 1.807) is 6.07 Å². The van der Waals surface area contributed by atoms with E-state index in [2.05, 4.69) is 4.90 Å². The summed E-state index contributed by atoms with van der Waals surface area (Å²) in [4.78, 5) is 12.5. The molecule has 1 aromatic rings. The quantitative estimate of drug-likeness (QED) is 0.470. The fourth-order valence-corrected chi connectivity index (χ4v) is 2.15. The average molecular weight is 266 g/mol. The van der Waals surface area contributed by atoms with Gasteiger partial charge in [-0.1, -0.05) is 0 Å². The Hall–Kier alpha value is -1.86. The second kappa shape index (κ2) is 5.85. The number of anilines is 2. The van der Waals surface area contributed by atoms with E-state index in [1.807, 2.05) is 0 Å². The summed E-state index contributed by atoms with van der Waals surface area (Å²) in [6.45, 7) is 4.16. The number of rotatable bonds is 4. The van der Waals surface area contributed by atoms with Crippen LogP contribution in [0.5, 0.6) is 0 Å². The van der Waals surface area contributed by atoms with Crippen LogP contribution < -0.4 is 11.5 Å². The van der Waals surface area contributed by atoms with E-state index in [0.717, 1.165) is 44.8 Å². The molecule has 1 saturated heterocycles. The lowest BCUT2D eigenvalue weighted by Gasteiger charge is -2.26. The molecule has 0 atom stereocenters. The van der Waals surface area contributed by atoms with Crippen molar-refractivity contribution in [1.82, 2.24) is 4.90 Å². The zero-order valence-electron chi connectivity index (χ0n) is 10.7. The number of hydrogen-bond acceptors (Lipinski definition) is 6. The van der Waals surface area contributed by atoms with Gasteiger partial charge in [-0.05, 0) is 18.1 Å². The number of nitrogens with two attached hydrogens (primary N) is 2. The van der Waals surface area contributed by atoms with Gasteiger partial charge in [0.05, 0.1) is 18.1 Å². The second-order valence-corrected chi connectivity index (χ2v) is 4.57. The van der Waals surface area contributed by atoms with Crippen molar-refractivity contribution in [3.8, 4) is 0 Å². The zero-order chi connectivity index (χ0) is 13.8. The van der Waals surface area contributed by atoms with Crippen molar-refractivity contribution >= 4 is 17.1 Å². The minimum atomic E-state index is -0.516. The predicted molar refractivity (Wildman–Crippen MR) is 72.9 cm³/mol. The van der Waals surface area contributed by atoms with Crippen molar-refractivity contribution in [2.24, 2.45) is 0 Å². The van der Waals surface area contributed by atoms with Gasteiger partial charge in [0.15, 0.2) is 0 Å². The fraction of sp³-hybridized carbons (Fsp3) is 0.500. The number of nitro benzene ring substituents is 1. The molecular weight excluding hydrogens is 248 g/mol. The van der Waals surface area contributed by atoms with Crippen LogP contribution in [0.15, 0.2) is 12.1 Å². The van der Waals surface area contributed by atoms with Gasteiger partial charge in [0.1, 0.15) is 5.69 Å². The first kappa shape index (κ1) is 13.6. The van der Waals surface area contributed by atoms with Crippen LogP contribution in [0.1, 0.15) is 5.56 Å². The van der Waals surface area contributed by atoms with Crippen LogP contribution in [0, 0.1) is 10.1 Å². The van der Waals surface area contributed by atoms with Gasteiger partial charge in [0.2, 0.25) is 0 Å². The van der Waals surface area contributed by atoms with Crippen molar-refractivity contribution in [3.05, 3.63) is 27.8 Å². The molecule has 104 valence electrons. The van der Waals surface area contributed by atoms with Gasteiger partial charge in [-0.15, -0.1) is 0 Å². The van der Waals surface area contributed by atoms with Crippen molar-refractivity contribution < 1.29 is 9.66 Å². The molecule has 0 saturated carbocycles. The van der Waals surface area contributed by atoms with Gasteiger partial charge < -0.3 is 16.2 Å². The summed E-state index contributed by atoms with van der Waals surface area (Å²) in [7, 11) is 0. The fourth-order valence-electron chi connectivity index (χ4n) is 2.15. The molecule has 0 bridgehead atoms. The highest BCUT2D eigenvalue weighted by Gasteiger charge is 2.16. The highest BCUT2D eigenvalue weighted by atomic mass is 16.6. The van der Waals surface area contributed by atoms with Crippen LogP contribution >= 0.6 is 0 Å². The number of ether oxygens (including phenoxy) is 1. The minimum absolute atomic E-state index is 0.132. The Morgan fingerprint density at radius 2 is 1.95 bits per heavy atom. The standard InChI is InChI=1S/C12H18N4O3/c13-10-8-12(16(17)18)11(14)7-9(10)1-2-15-3-5-19-6-4-15/h7-8H,1-6,13-14H2. The number of nitro groups is 1. The Bertz CT molecular complexity index is 472. The summed E-state index contributed by atoms with van der Waals surface area (Å²) >= 11 is 0. The normalized spacial score (nSPS) is 16.4. The first-order chi connectivity index (χ1) is 9.08. The summed E-state index contributed by atoms with van der Waals surface area (Å²) < 4.78 is 5.28. The summed E-state index contributed by atoms with van der Waals surface area (Å²) in [5, 5.41) is 10.7. The van der Waals surface area contributed by atoms with Crippen molar-refractivity contribution in [2.45, 2.75) is 6.42 Å². The van der Waals surface area contributed by atoms with Crippen LogP contribution in [0.25, 0.3) is 0 Å².